The number of aliphatic hydroxyl groups is 1. The Balaban J connectivity index is 1.46. The van der Waals surface area contributed by atoms with Crippen LogP contribution in [0.1, 0.15) is 21.6 Å². The monoisotopic (exact) mass is 299 g/mol. The maximum Gasteiger partial charge on any atom is 0.267 e. The number of carbonyl (C=O) groups is 1. The molecule has 1 aliphatic heterocycles. The van der Waals surface area contributed by atoms with Gasteiger partial charge in [-0.2, -0.15) is 0 Å². The zero-order valence-electron chi connectivity index (χ0n) is 12.5. The maximum atomic E-state index is 11.8. The quantitative estimate of drug-likeness (QED) is 0.776. The zero-order chi connectivity index (χ0) is 15.4. The minimum Gasteiger partial charge on any atom is -0.390 e. The highest BCUT2D eigenvalue weighted by molar-refractivity contribution is 5.92. The van der Waals surface area contributed by atoms with Crippen LogP contribution in [-0.2, 0) is 13.0 Å². The van der Waals surface area contributed by atoms with E-state index in [4.69, 9.17) is 0 Å². The summed E-state index contributed by atoms with van der Waals surface area (Å²) in [5.41, 5.74) is 3.24. The molecule has 2 aromatic rings. The minimum atomic E-state index is -0.566. The predicted octanol–water partition coefficient (Wildman–Crippen LogP) is 1.16. The second-order valence-electron chi connectivity index (χ2n) is 5.70. The van der Waals surface area contributed by atoms with Crippen molar-refractivity contribution in [1.29, 1.82) is 0 Å². The molecule has 0 spiro atoms. The van der Waals surface area contributed by atoms with E-state index in [1.54, 1.807) is 18.3 Å². The van der Waals surface area contributed by atoms with Gasteiger partial charge in [0.15, 0.2) is 0 Å². The molecule has 1 amide bonds. The number of H-pyrrole nitrogens is 1. The number of amides is 1. The van der Waals surface area contributed by atoms with Crippen LogP contribution in [0, 0.1) is 0 Å². The van der Waals surface area contributed by atoms with Gasteiger partial charge in [0, 0.05) is 32.4 Å². The van der Waals surface area contributed by atoms with Gasteiger partial charge in [0.05, 0.1) is 6.10 Å². The Kier molecular flexibility index (Phi) is 4.56. The van der Waals surface area contributed by atoms with Crippen LogP contribution in [0.25, 0.3) is 0 Å². The standard InChI is InChI=1S/C17H21N3O2/c21-15(10-19-17(22)16-6-3-8-18-16)12-20-9-7-13-4-1-2-5-14(13)11-20/h1-6,8,15,18,21H,7,9-12H2,(H,19,22). The highest BCUT2D eigenvalue weighted by atomic mass is 16.3. The summed E-state index contributed by atoms with van der Waals surface area (Å²) in [6.45, 7) is 2.63. The third-order valence-corrected chi connectivity index (χ3v) is 4.02. The Morgan fingerprint density at radius 3 is 2.86 bits per heavy atom. The first-order valence-corrected chi connectivity index (χ1v) is 7.61. The van der Waals surface area contributed by atoms with Gasteiger partial charge in [-0.05, 0) is 29.7 Å². The Labute approximate surface area is 130 Å². The van der Waals surface area contributed by atoms with Gasteiger partial charge in [-0.1, -0.05) is 24.3 Å². The second-order valence-corrected chi connectivity index (χ2v) is 5.70. The van der Waals surface area contributed by atoms with Gasteiger partial charge in [-0.3, -0.25) is 9.69 Å². The topological polar surface area (TPSA) is 68.4 Å². The van der Waals surface area contributed by atoms with E-state index in [0.29, 0.717) is 12.2 Å². The molecule has 5 nitrogen and oxygen atoms in total. The molecule has 2 heterocycles. The summed E-state index contributed by atoms with van der Waals surface area (Å²) >= 11 is 0. The average Bonchev–Trinajstić information content (AvgIpc) is 3.07. The number of aromatic amines is 1. The molecule has 116 valence electrons. The highest BCUT2D eigenvalue weighted by Gasteiger charge is 2.18. The Morgan fingerprint density at radius 1 is 1.27 bits per heavy atom. The van der Waals surface area contributed by atoms with Crippen LogP contribution in [-0.4, -0.2) is 46.6 Å². The molecule has 1 unspecified atom stereocenters. The van der Waals surface area contributed by atoms with Crippen molar-refractivity contribution < 1.29 is 9.90 Å². The van der Waals surface area contributed by atoms with Crippen molar-refractivity contribution >= 4 is 5.91 Å². The lowest BCUT2D eigenvalue weighted by Gasteiger charge is -2.30. The van der Waals surface area contributed by atoms with Gasteiger partial charge < -0.3 is 15.4 Å². The summed E-state index contributed by atoms with van der Waals surface area (Å²) in [6.07, 6.45) is 2.15. The molecule has 5 heteroatoms. The van der Waals surface area contributed by atoms with Gasteiger partial charge >= 0.3 is 0 Å². The molecule has 22 heavy (non-hydrogen) atoms. The molecule has 0 bridgehead atoms. The van der Waals surface area contributed by atoms with Crippen LogP contribution in [0.2, 0.25) is 0 Å². The number of fused-ring (bicyclic) bond motifs is 1. The predicted molar refractivity (Wildman–Crippen MR) is 84.6 cm³/mol. The van der Waals surface area contributed by atoms with E-state index in [0.717, 1.165) is 19.5 Å². The molecule has 0 aliphatic carbocycles. The van der Waals surface area contributed by atoms with Crippen molar-refractivity contribution in [3.05, 3.63) is 59.4 Å². The van der Waals surface area contributed by atoms with Crippen LogP contribution in [0.3, 0.4) is 0 Å². The summed E-state index contributed by atoms with van der Waals surface area (Å²) in [7, 11) is 0. The number of aliphatic hydroxyl groups excluding tert-OH is 1. The van der Waals surface area contributed by atoms with Gasteiger partial charge in [0.25, 0.3) is 5.91 Å². The number of β-amino-alcohol motifs (C(OH)–C–C–N with tert-alkyl or cyclic N) is 1. The van der Waals surface area contributed by atoms with Crippen LogP contribution < -0.4 is 5.32 Å². The molecule has 0 saturated carbocycles. The number of rotatable bonds is 5. The molecule has 3 rings (SSSR count). The normalized spacial score (nSPS) is 16.0. The fraction of sp³-hybridized carbons (Fsp3) is 0.353. The summed E-state index contributed by atoms with van der Waals surface area (Å²) < 4.78 is 0. The fourth-order valence-corrected chi connectivity index (χ4v) is 2.85. The van der Waals surface area contributed by atoms with E-state index in [1.165, 1.54) is 11.1 Å². The summed E-state index contributed by atoms with van der Waals surface area (Å²) in [4.78, 5) is 16.9. The number of benzene rings is 1. The van der Waals surface area contributed by atoms with E-state index >= 15 is 0 Å². The molecular formula is C17H21N3O2. The van der Waals surface area contributed by atoms with E-state index < -0.39 is 6.10 Å². The van der Waals surface area contributed by atoms with Crippen LogP contribution >= 0.6 is 0 Å². The molecule has 3 N–H and O–H groups in total. The minimum absolute atomic E-state index is 0.187. The number of nitrogens with zero attached hydrogens (tertiary/aromatic N) is 1. The van der Waals surface area contributed by atoms with Gasteiger partial charge in [0.2, 0.25) is 0 Å². The molecule has 0 saturated heterocycles. The van der Waals surface area contributed by atoms with Crippen molar-refractivity contribution in [2.45, 2.75) is 19.1 Å². The lowest BCUT2D eigenvalue weighted by molar-refractivity contribution is 0.0838. The molecule has 0 radical (unpaired) electrons. The number of nitrogens with one attached hydrogen (secondary N) is 2. The number of hydrogen-bond acceptors (Lipinski definition) is 3. The largest absolute Gasteiger partial charge is 0.390 e. The molecule has 1 aromatic carbocycles. The third-order valence-electron chi connectivity index (χ3n) is 4.02. The van der Waals surface area contributed by atoms with E-state index in [1.807, 2.05) is 0 Å². The first-order chi connectivity index (χ1) is 10.7. The van der Waals surface area contributed by atoms with E-state index in [-0.39, 0.29) is 12.5 Å². The molecular weight excluding hydrogens is 278 g/mol. The number of carbonyl (C=O) groups excluding carboxylic acids is 1. The van der Waals surface area contributed by atoms with Gasteiger partial charge in [-0.15, -0.1) is 0 Å². The van der Waals surface area contributed by atoms with E-state index in [2.05, 4.69) is 39.5 Å². The van der Waals surface area contributed by atoms with Crippen molar-refractivity contribution in [3.8, 4) is 0 Å². The zero-order valence-corrected chi connectivity index (χ0v) is 12.5. The Morgan fingerprint density at radius 2 is 2.09 bits per heavy atom. The Bertz CT molecular complexity index is 625. The maximum absolute atomic E-state index is 11.8. The first kappa shape index (κ1) is 14.8. The highest BCUT2D eigenvalue weighted by Crippen LogP contribution is 2.18. The Hall–Kier alpha value is -2.11. The third kappa shape index (κ3) is 3.55. The van der Waals surface area contributed by atoms with Gasteiger partial charge in [0.1, 0.15) is 5.69 Å². The van der Waals surface area contributed by atoms with Crippen LogP contribution in [0.5, 0.6) is 0 Å². The average molecular weight is 299 g/mol. The second kappa shape index (κ2) is 6.77. The van der Waals surface area contributed by atoms with E-state index in [9.17, 15) is 9.90 Å². The lowest BCUT2D eigenvalue weighted by Crippen LogP contribution is -2.42. The number of aromatic nitrogens is 1. The number of hydrogen-bond donors (Lipinski definition) is 3. The van der Waals surface area contributed by atoms with Crippen molar-refractivity contribution in [1.82, 2.24) is 15.2 Å². The first-order valence-electron chi connectivity index (χ1n) is 7.61. The lowest BCUT2D eigenvalue weighted by atomic mass is 10.00. The van der Waals surface area contributed by atoms with Crippen molar-refractivity contribution in [3.63, 3.8) is 0 Å². The smallest absolute Gasteiger partial charge is 0.267 e. The summed E-state index contributed by atoms with van der Waals surface area (Å²) in [6, 6.07) is 11.9. The molecule has 1 atom stereocenters. The molecule has 1 aliphatic rings. The fourth-order valence-electron chi connectivity index (χ4n) is 2.85. The molecule has 0 fully saturated rings. The van der Waals surface area contributed by atoms with Crippen molar-refractivity contribution in [2.24, 2.45) is 0 Å². The molecule has 1 aromatic heterocycles. The van der Waals surface area contributed by atoms with Crippen LogP contribution in [0.15, 0.2) is 42.6 Å². The van der Waals surface area contributed by atoms with Crippen molar-refractivity contribution in [2.75, 3.05) is 19.6 Å². The summed E-state index contributed by atoms with van der Waals surface area (Å²) in [5.74, 6) is -0.187. The SMILES string of the molecule is O=C(NCC(O)CN1CCc2ccccc2C1)c1ccc[nH]1. The summed E-state index contributed by atoms with van der Waals surface area (Å²) in [5, 5.41) is 12.9. The van der Waals surface area contributed by atoms with Crippen LogP contribution in [0.4, 0.5) is 0 Å². The van der Waals surface area contributed by atoms with Gasteiger partial charge in [-0.25, -0.2) is 0 Å².